The van der Waals surface area contributed by atoms with Gasteiger partial charge in [0.15, 0.2) is 0 Å². The molecule has 2 rings (SSSR count). The lowest BCUT2D eigenvalue weighted by molar-refractivity contribution is -0.384. The molecule has 1 aromatic heterocycles. The summed E-state index contributed by atoms with van der Waals surface area (Å²) in [7, 11) is 0. The van der Waals surface area contributed by atoms with E-state index in [0.29, 0.717) is 18.8 Å². The molecule has 0 fully saturated rings. The number of nitrogens with zero attached hydrogens (tertiary/aromatic N) is 3. The van der Waals surface area contributed by atoms with E-state index in [1.165, 1.54) is 12.1 Å². The van der Waals surface area contributed by atoms with Crippen LogP contribution in [0.4, 0.5) is 5.69 Å². The molecule has 1 heterocycles. The molecule has 8 nitrogen and oxygen atoms in total. The minimum absolute atomic E-state index is 0.0191. The van der Waals surface area contributed by atoms with Crippen LogP contribution in [0.15, 0.2) is 36.8 Å². The van der Waals surface area contributed by atoms with Gasteiger partial charge in [-0.1, -0.05) is 12.1 Å². The van der Waals surface area contributed by atoms with Crippen LogP contribution in [0.5, 0.6) is 0 Å². The summed E-state index contributed by atoms with van der Waals surface area (Å²) in [5.41, 5.74) is 6.52. The number of aromatic nitrogens is 2. The monoisotopic (exact) mass is 289 g/mol. The zero-order valence-corrected chi connectivity index (χ0v) is 11.2. The summed E-state index contributed by atoms with van der Waals surface area (Å²) >= 11 is 0. The summed E-state index contributed by atoms with van der Waals surface area (Å²) in [6.45, 7) is 1.35. The van der Waals surface area contributed by atoms with Gasteiger partial charge in [-0.05, 0) is 5.56 Å². The fourth-order valence-corrected chi connectivity index (χ4v) is 1.76. The number of rotatable bonds is 6. The molecule has 1 aromatic carbocycles. The average Bonchev–Trinajstić information content (AvgIpc) is 2.94. The normalized spacial score (nSPS) is 10.3. The van der Waals surface area contributed by atoms with Gasteiger partial charge in [-0.25, -0.2) is 4.98 Å². The molecule has 0 aliphatic carbocycles. The Morgan fingerprint density at radius 1 is 1.38 bits per heavy atom. The molecule has 2 aromatic rings. The molecule has 3 N–H and O–H groups in total. The highest BCUT2D eigenvalue weighted by Crippen LogP contribution is 2.11. The number of non-ortho nitro benzene ring substituents is 1. The van der Waals surface area contributed by atoms with E-state index in [4.69, 9.17) is 5.73 Å². The topological polar surface area (TPSA) is 116 Å². The standard InChI is InChI=1S/C13H15N5O3/c14-5-6-17-8-12(16-9-17)13(19)15-7-10-1-3-11(4-2-10)18(20)21/h1-4,8-9H,5-7,14H2,(H,15,19). The summed E-state index contributed by atoms with van der Waals surface area (Å²) in [5.74, 6) is -0.302. The highest BCUT2D eigenvalue weighted by atomic mass is 16.6. The molecule has 0 bridgehead atoms. The van der Waals surface area contributed by atoms with Crippen molar-refractivity contribution in [2.75, 3.05) is 6.54 Å². The van der Waals surface area contributed by atoms with Gasteiger partial charge in [-0.2, -0.15) is 0 Å². The maximum atomic E-state index is 11.9. The Balaban J connectivity index is 1.92. The van der Waals surface area contributed by atoms with E-state index in [-0.39, 0.29) is 18.1 Å². The van der Waals surface area contributed by atoms with Crippen LogP contribution in [0, 0.1) is 10.1 Å². The summed E-state index contributed by atoms with van der Waals surface area (Å²) in [6, 6.07) is 6.01. The quantitative estimate of drug-likeness (QED) is 0.599. The van der Waals surface area contributed by atoms with Crippen LogP contribution < -0.4 is 11.1 Å². The Bertz CT molecular complexity index is 636. The number of amides is 1. The second-order valence-corrected chi connectivity index (χ2v) is 4.39. The molecule has 0 unspecified atom stereocenters. The van der Waals surface area contributed by atoms with Gasteiger partial charge in [0.1, 0.15) is 5.69 Å². The highest BCUT2D eigenvalue weighted by molar-refractivity contribution is 5.91. The predicted molar refractivity (Wildman–Crippen MR) is 75.5 cm³/mol. The Labute approximate surface area is 120 Å². The van der Waals surface area contributed by atoms with E-state index in [1.54, 1.807) is 29.2 Å². The van der Waals surface area contributed by atoms with Crippen molar-refractivity contribution < 1.29 is 9.72 Å². The zero-order valence-electron chi connectivity index (χ0n) is 11.2. The molecule has 0 aliphatic rings. The molecular formula is C13H15N5O3. The summed E-state index contributed by atoms with van der Waals surface area (Å²) in [6.07, 6.45) is 3.17. The van der Waals surface area contributed by atoms with Gasteiger partial charge in [-0.3, -0.25) is 14.9 Å². The summed E-state index contributed by atoms with van der Waals surface area (Å²) in [4.78, 5) is 25.9. The molecule has 0 saturated carbocycles. The summed E-state index contributed by atoms with van der Waals surface area (Å²) in [5, 5.41) is 13.2. The molecule has 0 radical (unpaired) electrons. The Morgan fingerprint density at radius 2 is 2.10 bits per heavy atom. The first-order valence-corrected chi connectivity index (χ1v) is 6.33. The Kier molecular flexibility index (Phi) is 4.62. The maximum Gasteiger partial charge on any atom is 0.271 e. The van der Waals surface area contributed by atoms with Crippen molar-refractivity contribution in [3.8, 4) is 0 Å². The number of carbonyl (C=O) groups excluding carboxylic acids is 1. The third-order valence-corrected chi connectivity index (χ3v) is 2.85. The van der Waals surface area contributed by atoms with E-state index in [1.807, 2.05) is 0 Å². The smallest absolute Gasteiger partial charge is 0.271 e. The molecular weight excluding hydrogens is 274 g/mol. The van der Waals surface area contributed by atoms with E-state index in [0.717, 1.165) is 5.56 Å². The molecule has 21 heavy (non-hydrogen) atoms. The predicted octanol–water partition coefficient (Wildman–Crippen LogP) is 0.680. The number of imidazole rings is 1. The van der Waals surface area contributed by atoms with Gasteiger partial charge in [0.2, 0.25) is 0 Å². The van der Waals surface area contributed by atoms with E-state index in [2.05, 4.69) is 10.3 Å². The third kappa shape index (κ3) is 3.86. The lowest BCUT2D eigenvalue weighted by atomic mass is 10.2. The van der Waals surface area contributed by atoms with Crippen LogP contribution in [0.2, 0.25) is 0 Å². The molecule has 1 amide bonds. The first-order valence-electron chi connectivity index (χ1n) is 6.33. The minimum Gasteiger partial charge on any atom is -0.347 e. The van der Waals surface area contributed by atoms with Gasteiger partial charge in [-0.15, -0.1) is 0 Å². The Morgan fingerprint density at radius 3 is 2.71 bits per heavy atom. The van der Waals surface area contributed by atoms with Crippen LogP contribution >= 0.6 is 0 Å². The van der Waals surface area contributed by atoms with Gasteiger partial charge < -0.3 is 15.6 Å². The second-order valence-electron chi connectivity index (χ2n) is 4.39. The van der Waals surface area contributed by atoms with Crippen molar-refractivity contribution in [3.63, 3.8) is 0 Å². The van der Waals surface area contributed by atoms with Crippen molar-refractivity contribution in [3.05, 3.63) is 58.2 Å². The highest BCUT2D eigenvalue weighted by Gasteiger charge is 2.09. The minimum atomic E-state index is -0.466. The lowest BCUT2D eigenvalue weighted by Gasteiger charge is -2.03. The molecule has 0 aliphatic heterocycles. The van der Waals surface area contributed by atoms with Crippen LogP contribution in [0.25, 0.3) is 0 Å². The van der Waals surface area contributed by atoms with Crippen molar-refractivity contribution >= 4 is 11.6 Å². The third-order valence-electron chi connectivity index (χ3n) is 2.85. The fourth-order valence-electron chi connectivity index (χ4n) is 1.76. The van der Waals surface area contributed by atoms with Crippen molar-refractivity contribution in [2.45, 2.75) is 13.1 Å². The fraction of sp³-hybridized carbons (Fsp3) is 0.231. The van der Waals surface area contributed by atoms with Crippen molar-refractivity contribution in [2.24, 2.45) is 5.73 Å². The maximum absolute atomic E-state index is 11.9. The number of nitrogens with one attached hydrogen (secondary N) is 1. The second kappa shape index (κ2) is 6.62. The number of hydrogen-bond acceptors (Lipinski definition) is 5. The SMILES string of the molecule is NCCn1cnc(C(=O)NCc2ccc([N+](=O)[O-])cc2)c1. The number of nitro benzene ring substituents is 1. The van der Waals surface area contributed by atoms with Gasteiger partial charge in [0.25, 0.3) is 11.6 Å². The molecule has 0 atom stereocenters. The average molecular weight is 289 g/mol. The van der Waals surface area contributed by atoms with Gasteiger partial charge >= 0.3 is 0 Å². The molecule has 8 heteroatoms. The molecule has 0 saturated heterocycles. The number of nitro groups is 1. The van der Waals surface area contributed by atoms with Crippen molar-refractivity contribution in [1.82, 2.24) is 14.9 Å². The van der Waals surface area contributed by atoms with Gasteiger partial charge in [0.05, 0.1) is 11.3 Å². The van der Waals surface area contributed by atoms with Crippen LogP contribution in [0.1, 0.15) is 16.1 Å². The van der Waals surface area contributed by atoms with Crippen molar-refractivity contribution in [1.29, 1.82) is 0 Å². The van der Waals surface area contributed by atoms with E-state index >= 15 is 0 Å². The van der Waals surface area contributed by atoms with Crippen LogP contribution in [-0.4, -0.2) is 26.9 Å². The zero-order chi connectivity index (χ0) is 15.2. The number of nitrogens with two attached hydrogens (primary N) is 1. The first kappa shape index (κ1) is 14.7. The Hall–Kier alpha value is -2.74. The van der Waals surface area contributed by atoms with Gasteiger partial charge in [0, 0.05) is 38.0 Å². The molecule has 110 valence electrons. The van der Waals surface area contributed by atoms with E-state index in [9.17, 15) is 14.9 Å². The summed E-state index contributed by atoms with van der Waals surface area (Å²) < 4.78 is 1.74. The molecule has 0 spiro atoms. The lowest BCUT2D eigenvalue weighted by Crippen LogP contribution is -2.23. The van der Waals surface area contributed by atoms with E-state index < -0.39 is 4.92 Å². The number of carbonyl (C=O) groups is 1. The number of hydrogen-bond donors (Lipinski definition) is 2. The first-order chi connectivity index (χ1) is 10.1. The van der Waals surface area contributed by atoms with Crippen LogP contribution in [-0.2, 0) is 13.1 Å². The van der Waals surface area contributed by atoms with Crippen LogP contribution in [0.3, 0.4) is 0 Å². The number of benzene rings is 1. The largest absolute Gasteiger partial charge is 0.347 e.